The van der Waals surface area contributed by atoms with Crippen molar-refractivity contribution in [2.45, 2.75) is 361 Å². The zero-order valence-corrected chi connectivity index (χ0v) is 49.2. The molecule has 0 aliphatic rings. The zero-order valence-electron chi connectivity index (χ0n) is 49.2. The number of hydrogen-bond donors (Lipinski definition) is 0. The third-order valence-electron chi connectivity index (χ3n) is 14.6. The molecule has 0 N–H and O–H groups in total. The van der Waals surface area contributed by atoms with Crippen molar-refractivity contribution in [2.75, 3.05) is 13.2 Å². The van der Waals surface area contributed by atoms with Gasteiger partial charge in [-0.3, -0.25) is 14.4 Å². The fraction of sp³-hybridized carbons (Fsp3) is 0.866. The van der Waals surface area contributed by atoms with E-state index in [2.05, 4.69) is 57.2 Å². The number of carbonyl (C=O) groups excluding carboxylic acids is 3. The topological polar surface area (TPSA) is 78.9 Å². The normalized spacial score (nSPS) is 12.2. The van der Waals surface area contributed by atoms with Crippen molar-refractivity contribution in [3.8, 4) is 0 Å². The van der Waals surface area contributed by atoms with Crippen molar-refractivity contribution in [3.63, 3.8) is 0 Å². The van der Waals surface area contributed by atoms with E-state index in [0.29, 0.717) is 19.3 Å². The minimum absolute atomic E-state index is 0.0707. The van der Waals surface area contributed by atoms with Crippen LogP contribution >= 0.6 is 0 Å². The third-order valence-corrected chi connectivity index (χ3v) is 14.6. The summed E-state index contributed by atoms with van der Waals surface area (Å²) >= 11 is 0. The van der Waals surface area contributed by atoms with Crippen LogP contribution in [0.2, 0.25) is 0 Å². The van der Waals surface area contributed by atoms with Gasteiger partial charge in [0.05, 0.1) is 0 Å². The summed E-state index contributed by atoms with van der Waals surface area (Å²) in [6.45, 7) is 6.59. The minimum atomic E-state index is -0.769. The van der Waals surface area contributed by atoms with Crippen molar-refractivity contribution >= 4 is 17.9 Å². The molecule has 0 fully saturated rings. The first-order valence-corrected chi connectivity index (χ1v) is 32.5. The van der Waals surface area contributed by atoms with Crippen LogP contribution in [0.15, 0.2) is 36.5 Å². The lowest BCUT2D eigenvalue weighted by molar-refractivity contribution is -0.167. The molecule has 0 aliphatic carbocycles. The molecular formula is C67H124O6. The summed E-state index contributed by atoms with van der Waals surface area (Å²) < 4.78 is 16.8. The Kier molecular flexibility index (Phi) is 60.2. The SMILES string of the molecule is CCCCCCC/C=C\C/C=C\CCCCCCCCCCCCCCCCCCCCCCCCCC(=O)OCC(COC(=O)CCCCCCCC)OC(=O)CCCCCCC/C=C\CCCCCCC. The Hall–Kier alpha value is -2.37. The maximum Gasteiger partial charge on any atom is 0.306 e. The fourth-order valence-corrected chi connectivity index (χ4v) is 9.71. The average molecular weight is 1030 g/mol. The third kappa shape index (κ3) is 60.4. The molecule has 6 heteroatoms. The first kappa shape index (κ1) is 70.6. The van der Waals surface area contributed by atoms with E-state index in [4.69, 9.17) is 14.2 Å². The number of allylic oxidation sites excluding steroid dienone is 6. The number of rotatable bonds is 60. The lowest BCUT2D eigenvalue weighted by Gasteiger charge is -2.18. The Morgan fingerprint density at radius 1 is 0.274 bits per heavy atom. The second-order valence-electron chi connectivity index (χ2n) is 22.0. The van der Waals surface area contributed by atoms with E-state index in [9.17, 15) is 14.4 Å². The van der Waals surface area contributed by atoms with Gasteiger partial charge in [-0.05, 0) is 77.0 Å². The van der Waals surface area contributed by atoms with Crippen molar-refractivity contribution in [3.05, 3.63) is 36.5 Å². The molecule has 6 nitrogen and oxygen atoms in total. The molecule has 0 bridgehead atoms. The number of unbranched alkanes of at least 4 members (excludes halogenated alkanes) is 43. The lowest BCUT2D eigenvalue weighted by Crippen LogP contribution is -2.30. The predicted octanol–water partition coefficient (Wildman–Crippen LogP) is 22.0. The molecule has 0 saturated carbocycles. The van der Waals surface area contributed by atoms with Crippen molar-refractivity contribution < 1.29 is 28.6 Å². The lowest BCUT2D eigenvalue weighted by atomic mass is 10.0. The number of hydrogen-bond acceptors (Lipinski definition) is 6. The maximum atomic E-state index is 12.8. The van der Waals surface area contributed by atoms with Crippen LogP contribution < -0.4 is 0 Å². The summed E-state index contributed by atoms with van der Waals surface area (Å²) in [4.78, 5) is 37.9. The molecule has 0 aromatic rings. The van der Waals surface area contributed by atoms with Crippen LogP contribution in [0.4, 0.5) is 0 Å². The van der Waals surface area contributed by atoms with Gasteiger partial charge in [-0.25, -0.2) is 0 Å². The smallest absolute Gasteiger partial charge is 0.306 e. The van der Waals surface area contributed by atoms with Crippen LogP contribution in [0.25, 0.3) is 0 Å². The summed E-state index contributed by atoms with van der Waals surface area (Å²) in [5.74, 6) is -0.871. The molecule has 1 unspecified atom stereocenters. The van der Waals surface area contributed by atoms with Gasteiger partial charge in [0.15, 0.2) is 6.10 Å². The Labute approximate surface area is 455 Å². The second-order valence-corrected chi connectivity index (χ2v) is 22.0. The first-order valence-electron chi connectivity index (χ1n) is 32.5. The maximum absolute atomic E-state index is 12.8. The quantitative estimate of drug-likeness (QED) is 0.0261. The highest BCUT2D eigenvalue weighted by atomic mass is 16.6. The van der Waals surface area contributed by atoms with Gasteiger partial charge in [-0.1, -0.05) is 295 Å². The Morgan fingerprint density at radius 2 is 0.493 bits per heavy atom. The summed E-state index contributed by atoms with van der Waals surface area (Å²) in [5, 5.41) is 0. The predicted molar refractivity (Wildman–Crippen MR) is 316 cm³/mol. The van der Waals surface area contributed by atoms with Gasteiger partial charge in [-0.2, -0.15) is 0 Å². The van der Waals surface area contributed by atoms with E-state index in [-0.39, 0.29) is 31.1 Å². The molecule has 73 heavy (non-hydrogen) atoms. The van der Waals surface area contributed by atoms with Crippen LogP contribution in [0.1, 0.15) is 355 Å². The summed E-state index contributed by atoms with van der Waals surface area (Å²) in [5.41, 5.74) is 0. The second kappa shape index (κ2) is 62.2. The number of ether oxygens (including phenoxy) is 3. The van der Waals surface area contributed by atoms with E-state index in [1.165, 1.54) is 244 Å². The van der Waals surface area contributed by atoms with E-state index < -0.39 is 6.10 Å². The van der Waals surface area contributed by atoms with E-state index >= 15 is 0 Å². The molecule has 1 atom stereocenters. The van der Waals surface area contributed by atoms with Crippen LogP contribution in [0.5, 0.6) is 0 Å². The van der Waals surface area contributed by atoms with Crippen molar-refractivity contribution in [1.82, 2.24) is 0 Å². The highest BCUT2D eigenvalue weighted by Gasteiger charge is 2.19. The van der Waals surface area contributed by atoms with Gasteiger partial charge < -0.3 is 14.2 Å². The standard InChI is InChI=1S/C67H124O6/c1-4-7-10-13-16-18-20-22-24-25-26-27-28-29-30-31-32-33-34-35-36-37-38-39-40-41-42-43-44-46-47-49-51-54-57-60-66(69)72-63-64(62-71-65(68)59-56-53-15-12-9-6-3)73-67(70)61-58-55-52-50-48-45-23-21-19-17-14-11-8-5-2/h20-23,25-26,64H,4-19,24,27-63H2,1-3H3/b22-20-,23-21-,26-25-. The van der Waals surface area contributed by atoms with Gasteiger partial charge in [0.1, 0.15) is 13.2 Å². The first-order chi connectivity index (χ1) is 36.0. The molecular weight excluding hydrogens is 901 g/mol. The van der Waals surface area contributed by atoms with Gasteiger partial charge in [-0.15, -0.1) is 0 Å². The number of esters is 3. The molecule has 0 saturated heterocycles. The zero-order chi connectivity index (χ0) is 52.9. The van der Waals surface area contributed by atoms with Crippen molar-refractivity contribution in [1.29, 1.82) is 0 Å². The van der Waals surface area contributed by atoms with Crippen LogP contribution in [0.3, 0.4) is 0 Å². The van der Waals surface area contributed by atoms with Crippen molar-refractivity contribution in [2.24, 2.45) is 0 Å². The molecule has 0 spiro atoms. The average Bonchev–Trinajstić information content (AvgIpc) is 3.39. The Bertz CT molecular complexity index is 1220. The molecule has 0 rings (SSSR count). The van der Waals surface area contributed by atoms with Crippen LogP contribution in [-0.4, -0.2) is 37.2 Å². The molecule has 0 amide bonds. The van der Waals surface area contributed by atoms with Gasteiger partial charge in [0, 0.05) is 19.3 Å². The molecule has 0 radical (unpaired) electrons. The largest absolute Gasteiger partial charge is 0.462 e. The Balaban J connectivity index is 3.87. The molecule has 0 aliphatic heterocycles. The van der Waals surface area contributed by atoms with Gasteiger partial charge in [0.25, 0.3) is 0 Å². The van der Waals surface area contributed by atoms with E-state index in [1.54, 1.807) is 0 Å². The monoisotopic (exact) mass is 1020 g/mol. The van der Waals surface area contributed by atoms with E-state index in [0.717, 1.165) is 70.6 Å². The van der Waals surface area contributed by atoms with E-state index in [1.807, 2.05) is 0 Å². The molecule has 0 heterocycles. The Morgan fingerprint density at radius 3 is 0.767 bits per heavy atom. The van der Waals surface area contributed by atoms with Crippen LogP contribution in [0, 0.1) is 0 Å². The van der Waals surface area contributed by atoms with Gasteiger partial charge >= 0.3 is 17.9 Å². The van der Waals surface area contributed by atoms with Gasteiger partial charge in [0.2, 0.25) is 0 Å². The highest BCUT2D eigenvalue weighted by molar-refractivity contribution is 5.71. The molecule has 0 aromatic heterocycles. The van der Waals surface area contributed by atoms with Crippen LogP contribution in [-0.2, 0) is 28.6 Å². The molecule has 0 aromatic carbocycles. The minimum Gasteiger partial charge on any atom is -0.462 e. The number of carbonyl (C=O) groups is 3. The summed E-state index contributed by atoms with van der Waals surface area (Å²) in [6, 6.07) is 0. The molecule has 428 valence electrons. The summed E-state index contributed by atoms with van der Waals surface area (Å²) in [7, 11) is 0. The highest BCUT2D eigenvalue weighted by Crippen LogP contribution is 2.18. The summed E-state index contributed by atoms with van der Waals surface area (Å²) in [6.07, 6.45) is 76.5. The fourth-order valence-electron chi connectivity index (χ4n) is 9.71.